The highest BCUT2D eigenvalue weighted by Crippen LogP contribution is 2.21. The molecule has 6 nitrogen and oxygen atoms in total. The van der Waals surface area contributed by atoms with Gasteiger partial charge in [0.25, 0.3) is 0 Å². The summed E-state index contributed by atoms with van der Waals surface area (Å²) >= 11 is 5.95. The fourth-order valence-electron chi connectivity index (χ4n) is 2.43. The van der Waals surface area contributed by atoms with Crippen LogP contribution in [0.2, 0.25) is 5.02 Å². The number of halogens is 1. The molecule has 0 unspecified atom stereocenters. The minimum atomic E-state index is -3.74. The SMILES string of the molecule is CC(=O)N(CCNS(=O)(=O)c1ccccc1Cl)c1ccc(N(C)C)cc1. The number of nitrogens with zero attached hydrogens (tertiary/aromatic N) is 2. The number of hydrogen-bond acceptors (Lipinski definition) is 4. The van der Waals surface area contributed by atoms with Crippen LogP contribution in [0, 0.1) is 0 Å². The van der Waals surface area contributed by atoms with E-state index in [0.717, 1.165) is 5.69 Å². The molecule has 0 aliphatic heterocycles. The van der Waals surface area contributed by atoms with Gasteiger partial charge in [0.05, 0.1) is 5.02 Å². The Morgan fingerprint density at radius 2 is 1.62 bits per heavy atom. The average Bonchev–Trinajstić information content (AvgIpc) is 2.58. The van der Waals surface area contributed by atoms with E-state index in [0.29, 0.717) is 5.69 Å². The molecule has 1 N–H and O–H groups in total. The zero-order valence-electron chi connectivity index (χ0n) is 14.9. The second-order valence-electron chi connectivity index (χ2n) is 5.91. The lowest BCUT2D eigenvalue weighted by atomic mass is 10.2. The second-order valence-corrected chi connectivity index (χ2v) is 8.05. The number of amides is 1. The van der Waals surface area contributed by atoms with Crippen molar-refractivity contribution in [3.63, 3.8) is 0 Å². The smallest absolute Gasteiger partial charge is 0.242 e. The van der Waals surface area contributed by atoms with Crippen LogP contribution in [0.4, 0.5) is 11.4 Å². The van der Waals surface area contributed by atoms with E-state index in [1.165, 1.54) is 24.0 Å². The molecule has 0 saturated heterocycles. The number of sulfonamides is 1. The Morgan fingerprint density at radius 1 is 1.04 bits per heavy atom. The Labute approximate surface area is 159 Å². The minimum absolute atomic E-state index is 0.0198. The van der Waals surface area contributed by atoms with Crippen molar-refractivity contribution in [2.75, 3.05) is 37.0 Å². The maximum atomic E-state index is 12.4. The predicted octanol–water partition coefficient (Wildman–Crippen LogP) is 2.74. The van der Waals surface area contributed by atoms with Crippen LogP contribution in [0.5, 0.6) is 0 Å². The van der Waals surface area contributed by atoms with Crippen LogP contribution in [0.1, 0.15) is 6.92 Å². The Bertz CT molecular complexity index is 868. The quantitative estimate of drug-likeness (QED) is 0.782. The van der Waals surface area contributed by atoms with Gasteiger partial charge in [0.2, 0.25) is 15.9 Å². The van der Waals surface area contributed by atoms with Gasteiger partial charge in [-0.2, -0.15) is 0 Å². The maximum Gasteiger partial charge on any atom is 0.242 e. The van der Waals surface area contributed by atoms with Crippen molar-refractivity contribution in [1.82, 2.24) is 4.72 Å². The molecule has 0 atom stereocenters. The van der Waals surface area contributed by atoms with E-state index in [9.17, 15) is 13.2 Å². The zero-order chi connectivity index (χ0) is 19.3. The lowest BCUT2D eigenvalue weighted by Crippen LogP contribution is -2.37. The zero-order valence-corrected chi connectivity index (χ0v) is 16.5. The van der Waals surface area contributed by atoms with E-state index in [4.69, 9.17) is 11.6 Å². The number of hydrogen-bond donors (Lipinski definition) is 1. The fraction of sp³-hybridized carbons (Fsp3) is 0.278. The van der Waals surface area contributed by atoms with Gasteiger partial charge in [-0.05, 0) is 36.4 Å². The Morgan fingerprint density at radius 3 is 2.15 bits per heavy atom. The van der Waals surface area contributed by atoms with Crippen molar-refractivity contribution in [3.8, 4) is 0 Å². The van der Waals surface area contributed by atoms with E-state index in [1.54, 1.807) is 12.1 Å². The molecule has 0 radical (unpaired) electrons. The van der Waals surface area contributed by atoms with Gasteiger partial charge < -0.3 is 9.80 Å². The molecular weight excluding hydrogens is 374 g/mol. The Balaban J connectivity index is 2.07. The predicted molar refractivity (Wildman–Crippen MR) is 105 cm³/mol. The summed E-state index contributed by atoms with van der Waals surface area (Å²) in [5.74, 6) is -0.167. The molecule has 0 spiro atoms. The molecule has 26 heavy (non-hydrogen) atoms. The van der Waals surface area contributed by atoms with Crippen LogP contribution in [0.15, 0.2) is 53.4 Å². The topological polar surface area (TPSA) is 69.7 Å². The molecule has 0 aliphatic carbocycles. The van der Waals surface area contributed by atoms with Crippen LogP contribution in [-0.4, -0.2) is 41.5 Å². The molecule has 0 fully saturated rings. The third-order valence-corrected chi connectivity index (χ3v) is 5.77. The molecule has 0 bridgehead atoms. The summed E-state index contributed by atoms with van der Waals surface area (Å²) in [6, 6.07) is 13.7. The summed E-state index contributed by atoms with van der Waals surface area (Å²) in [4.78, 5) is 15.5. The molecular formula is C18H22ClN3O3S. The van der Waals surface area contributed by atoms with E-state index >= 15 is 0 Å². The number of carbonyl (C=O) groups is 1. The molecule has 2 rings (SSSR count). The van der Waals surface area contributed by atoms with Gasteiger partial charge in [0.1, 0.15) is 4.90 Å². The molecule has 0 heterocycles. The molecule has 8 heteroatoms. The van der Waals surface area contributed by atoms with Gasteiger partial charge in [-0.15, -0.1) is 0 Å². The summed E-state index contributed by atoms with van der Waals surface area (Å²) in [5.41, 5.74) is 1.72. The Hall–Kier alpha value is -2.09. The van der Waals surface area contributed by atoms with Crippen molar-refractivity contribution in [2.45, 2.75) is 11.8 Å². The fourth-order valence-corrected chi connectivity index (χ4v) is 3.97. The van der Waals surface area contributed by atoms with Crippen molar-refractivity contribution in [1.29, 1.82) is 0 Å². The van der Waals surface area contributed by atoms with Gasteiger partial charge in [-0.25, -0.2) is 13.1 Å². The highest BCUT2D eigenvalue weighted by Gasteiger charge is 2.18. The molecule has 0 aliphatic rings. The number of nitrogens with one attached hydrogen (secondary N) is 1. The van der Waals surface area contributed by atoms with E-state index in [1.807, 2.05) is 43.3 Å². The van der Waals surface area contributed by atoms with Crippen LogP contribution < -0.4 is 14.5 Å². The normalized spacial score (nSPS) is 11.2. The summed E-state index contributed by atoms with van der Waals surface area (Å²) in [5, 5.41) is 0.155. The summed E-state index contributed by atoms with van der Waals surface area (Å²) in [6.07, 6.45) is 0. The largest absolute Gasteiger partial charge is 0.378 e. The lowest BCUT2D eigenvalue weighted by Gasteiger charge is -2.22. The summed E-state index contributed by atoms with van der Waals surface area (Å²) in [6.45, 7) is 1.73. The highest BCUT2D eigenvalue weighted by atomic mass is 35.5. The van der Waals surface area contributed by atoms with Crippen LogP contribution in [0.3, 0.4) is 0 Å². The Kier molecular flexibility index (Phi) is 6.63. The first-order valence-corrected chi connectivity index (χ1v) is 9.88. The van der Waals surface area contributed by atoms with Gasteiger partial charge in [-0.3, -0.25) is 4.79 Å². The monoisotopic (exact) mass is 395 g/mol. The van der Waals surface area contributed by atoms with E-state index < -0.39 is 10.0 Å². The van der Waals surface area contributed by atoms with E-state index in [-0.39, 0.29) is 28.9 Å². The lowest BCUT2D eigenvalue weighted by molar-refractivity contribution is -0.116. The molecule has 2 aromatic rings. The summed E-state index contributed by atoms with van der Waals surface area (Å²) in [7, 11) is 0.125. The van der Waals surface area contributed by atoms with Crippen molar-refractivity contribution in [3.05, 3.63) is 53.6 Å². The highest BCUT2D eigenvalue weighted by molar-refractivity contribution is 7.89. The number of anilines is 2. The standard InChI is InChI=1S/C18H22ClN3O3S/c1-14(23)22(16-10-8-15(9-11-16)21(2)3)13-12-20-26(24,25)18-7-5-4-6-17(18)19/h4-11,20H,12-13H2,1-3H3. The van der Waals surface area contributed by atoms with Gasteiger partial charge in [0.15, 0.2) is 0 Å². The van der Waals surface area contributed by atoms with Gasteiger partial charge in [-0.1, -0.05) is 23.7 Å². The number of carbonyl (C=O) groups excluding carboxylic acids is 1. The average molecular weight is 396 g/mol. The van der Waals surface area contributed by atoms with Crippen LogP contribution >= 0.6 is 11.6 Å². The van der Waals surface area contributed by atoms with E-state index in [2.05, 4.69) is 4.72 Å². The minimum Gasteiger partial charge on any atom is -0.378 e. The first-order chi connectivity index (χ1) is 12.2. The van der Waals surface area contributed by atoms with Crippen LogP contribution in [0.25, 0.3) is 0 Å². The van der Waals surface area contributed by atoms with Crippen molar-refractivity contribution < 1.29 is 13.2 Å². The molecule has 1 amide bonds. The first kappa shape index (κ1) is 20.2. The van der Waals surface area contributed by atoms with Crippen molar-refractivity contribution >= 4 is 38.9 Å². The third kappa shape index (κ3) is 4.97. The third-order valence-electron chi connectivity index (χ3n) is 3.81. The maximum absolute atomic E-state index is 12.4. The molecule has 140 valence electrons. The second kappa shape index (κ2) is 8.53. The number of rotatable bonds is 7. The summed E-state index contributed by atoms with van der Waals surface area (Å²) < 4.78 is 27.2. The van der Waals surface area contributed by atoms with Gasteiger partial charge >= 0.3 is 0 Å². The van der Waals surface area contributed by atoms with Crippen LogP contribution in [-0.2, 0) is 14.8 Å². The molecule has 2 aromatic carbocycles. The van der Waals surface area contributed by atoms with Gasteiger partial charge in [0, 0.05) is 45.5 Å². The first-order valence-electron chi connectivity index (χ1n) is 8.02. The number of benzene rings is 2. The molecule has 0 aromatic heterocycles. The molecule has 0 saturated carbocycles. The van der Waals surface area contributed by atoms with Crippen molar-refractivity contribution in [2.24, 2.45) is 0 Å².